The van der Waals surface area contributed by atoms with Crippen molar-refractivity contribution in [2.24, 2.45) is 5.92 Å². The molecule has 1 aromatic carbocycles. The first-order valence-electron chi connectivity index (χ1n) is 8.27. The molecule has 1 amide bonds. The molecule has 126 valence electrons. The van der Waals surface area contributed by atoms with Crippen molar-refractivity contribution in [3.05, 3.63) is 65.5 Å². The zero-order valence-electron chi connectivity index (χ0n) is 13.4. The van der Waals surface area contributed by atoms with Crippen molar-refractivity contribution in [2.75, 3.05) is 13.1 Å². The van der Waals surface area contributed by atoms with Crippen LogP contribution in [0.3, 0.4) is 0 Å². The topological polar surface area (TPSA) is 33.2 Å². The summed E-state index contributed by atoms with van der Waals surface area (Å²) in [5, 5.41) is 0. The van der Waals surface area contributed by atoms with Gasteiger partial charge >= 0.3 is 0 Å². The Bertz CT molecular complexity index is 706. The van der Waals surface area contributed by atoms with Crippen LogP contribution in [0.5, 0.6) is 0 Å². The van der Waals surface area contributed by atoms with Gasteiger partial charge in [-0.3, -0.25) is 9.78 Å². The molecule has 24 heavy (non-hydrogen) atoms. The number of amides is 1. The van der Waals surface area contributed by atoms with Gasteiger partial charge in [0.1, 0.15) is 17.3 Å². The number of aryl methyl sites for hydroxylation is 1. The number of aromatic nitrogens is 1. The van der Waals surface area contributed by atoms with Crippen LogP contribution >= 0.6 is 0 Å². The monoisotopic (exact) mass is 330 g/mol. The molecule has 0 unspecified atom stereocenters. The van der Waals surface area contributed by atoms with Crippen LogP contribution in [0.15, 0.2) is 42.6 Å². The fourth-order valence-corrected chi connectivity index (χ4v) is 3.22. The predicted molar refractivity (Wildman–Crippen MR) is 87.5 cm³/mol. The van der Waals surface area contributed by atoms with Crippen molar-refractivity contribution in [1.82, 2.24) is 9.88 Å². The van der Waals surface area contributed by atoms with Crippen molar-refractivity contribution in [3.63, 3.8) is 0 Å². The molecule has 1 aromatic heterocycles. The lowest BCUT2D eigenvalue weighted by atomic mass is 9.91. The molecule has 0 N–H and O–H groups in total. The number of carbonyl (C=O) groups is 1. The molecule has 1 saturated heterocycles. The van der Waals surface area contributed by atoms with Crippen LogP contribution in [0.1, 0.15) is 35.3 Å². The molecule has 0 radical (unpaired) electrons. The molecular weight excluding hydrogens is 310 g/mol. The largest absolute Gasteiger partial charge is 0.337 e. The maximum atomic E-state index is 13.7. The molecule has 5 heteroatoms. The van der Waals surface area contributed by atoms with E-state index < -0.39 is 11.6 Å². The first kappa shape index (κ1) is 16.6. The third-order valence-electron chi connectivity index (χ3n) is 4.53. The van der Waals surface area contributed by atoms with Gasteiger partial charge in [0.25, 0.3) is 5.91 Å². The van der Waals surface area contributed by atoms with E-state index in [-0.39, 0.29) is 5.91 Å². The number of halogens is 2. The second-order valence-electron chi connectivity index (χ2n) is 6.25. The van der Waals surface area contributed by atoms with Gasteiger partial charge in [0.2, 0.25) is 0 Å². The first-order chi connectivity index (χ1) is 11.6. The van der Waals surface area contributed by atoms with E-state index in [1.165, 1.54) is 12.1 Å². The number of hydrogen-bond donors (Lipinski definition) is 0. The molecule has 0 aliphatic carbocycles. The van der Waals surface area contributed by atoms with Gasteiger partial charge in [-0.1, -0.05) is 12.1 Å². The van der Waals surface area contributed by atoms with Crippen molar-refractivity contribution >= 4 is 5.91 Å². The Morgan fingerprint density at radius 2 is 2.12 bits per heavy atom. The highest BCUT2D eigenvalue weighted by Crippen LogP contribution is 2.23. The second-order valence-corrected chi connectivity index (χ2v) is 6.25. The summed E-state index contributed by atoms with van der Waals surface area (Å²) < 4.78 is 26.7. The van der Waals surface area contributed by atoms with E-state index in [0.717, 1.165) is 31.9 Å². The smallest absolute Gasteiger partial charge is 0.272 e. The molecule has 3 rings (SSSR count). The summed E-state index contributed by atoms with van der Waals surface area (Å²) in [5.41, 5.74) is 0.993. The van der Waals surface area contributed by atoms with Gasteiger partial charge in [-0.25, -0.2) is 8.78 Å². The van der Waals surface area contributed by atoms with E-state index in [9.17, 15) is 13.6 Å². The van der Waals surface area contributed by atoms with E-state index in [4.69, 9.17) is 0 Å². The Morgan fingerprint density at radius 1 is 1.25 bits per heavy atom. The number of likely N-dealkylation sites (tertiary alicyclic amines) is 1. The highest BCUT2D eigenvalue weighted by molar-refractivity contribution is 5.92. The Labute approximate surface area is 140 Å². The Morgan fingerprint density at radius 3 is 2.88 bits per heavy atom. The minimum absolute atomic E-state index is 0.0479. The van der Waals surface area contributed by atoms with Gasteiger partial charge in [0, 0.05) is 25.4 Å². The van der Waals surface area contributed by atoms with E-state index in [1.54, 1.807) is 24.4 Å². The van der Waals surface area contributed by atoms with Gasteiger partial charge in [-0.05, 0) is 55.4 Å². The average molecular weight is 330 g/mol. The van der Waals surface area contributed by atoms with Gasteiger partial charge in [-0.15, -0.1) is 0 Å². The van der Waals surface area contributed by atoms with Crippen LogP contribution in [0.2, 0.25) is 0 Å². The lowest BCUT2D eigenvalue weighted by molar-refractivity contribution is 0.0662. The summed E-state index contributed by atoms with van der Waals surface area (Å²) in [6.45, 7) is 1.40. The third kappa shape index (κ3) is 3.96. The van der Waals surface area contributed by atoms with Crippen molar-refractivity contribution < 1.29 is 13.6 Å². The summed E-state index contributed by atoms with van der Waals surface area (Å²) in [6, 6.07) is 9.03. The number of carbonyl (C=O) groups excluding carboxylic acids is 1. The van der Waals surface area contributed by atoms with Crippen LogP contribution in [0.4, 0.5) is 8.78 Å². The second kappa shape index (κ2) is 7.51. The maximum Gasteiger partial charge on any atom is 0.272 e. The molecule has 2 heterocycles. The van der Waals surface area contributed by atoms with Crippen molar-refractivity contribution in [3.8, 4) is 0 Å². The van der Waals surface area contributed by atoms with E-state index >= 15 is 0 Å². The van der Waals surface area contributed by atoms with Crippen LogP contribution in [0.25, 0.3) is 0 Å². The lowest BCUT2D eigenvalue weighted by Crippen LogP contribution is -2.40. The standard InChI is InChI=1S/C19H20F2N2O/c20-16-9-8-15(17(21)12-16)7-6-14-4-3-11-23(13-14)19(24)18-5-1-2-10-22-18/h1-2,5,8-10,12,14H,3-4,6-7,11,13H2/t14-/m1/s1. The highest BCUT2D eigenvalue weighted by atomic mass is 19.1. The Balaban J connectivity index is 1.58. The minimum atomic E-state index is -0.555. The van der Waals surface area contributed by atoms with Crippen LogP contribution in [-0.4, -0.2) is 28.9 Å². The van der Waals surface area contributed by atoms with Crippen LogP contribution < -0.4 is 0 Å². The fraction of sp³-hybridized carbons (Fsp3) is 0.368. The maximum absolute atomic E-state index is 13.7. The normalized spacial score (nSPS) is 17.8. The number of pyridine rings is 1. The number of nitrogens with zero attached hydrogens (tertiary/aromatic N) is 2. The number of benzene rings is 1. The lowest BCUT2D eigenvalue weighted by Gasteiger charge is -2.32. The third-order valence-corrected chi connectivity index (χ3v) is 4.53. The van der Waals surface area contributed by atoms with E-state index in [0.29, 0.717) is 30.1 Å². The average Bonchev–Trinajstić information content (AvgIpc) is 2.61. The van der Waals surface area contributed by atoms with Gasteiger partial charge < -0.3 is 4.90 Å². The van der Waals surface area contributed by atoms with Crippen LogP contribution in [-0.2, 0) is 6.42 Å². The van der Waals surface area contributed by atoms with Crippen LogP contribution in [0, 0.1) is 17.6 Å². The van der Waals surface area contributed by atoms with Gasteiger partial charge in [-0.2, -0.15) is 0 Å². The SMILES string of the molecule is O=C(c1ccccn1)N1CCC[C@H](CCc2ccc(F)cc2F)C1. The number of hydrogen-bond acceptors (Lipinski definition) is 2. The summed E-state index contributed by atoms with van der Waals surface area (Å²) in [4.78, 5) is 18.4. The van der Waals surface area contributed by atoms with Gasteiger partial charge in [0.05, 0.1) is 0 Å². The molecule has 1 fully saturated rings. The molecule has 2 aromatic rings. The van der Waals surface area contributed by atoms with E-state index in [2.05, 4.69) is 4.98 Å². The minimum Gasteiger partial charge on any atom is -0.337 e. The van der Waals surface area contributed by atoms with Crippen molar-refractivity contribution in [1.29, 1.82) is 0 Å². The molecule has 3 nitrogen and oxygen atoms in total. The molecule has 1 aliphatic heterocycles. The molecule has 1 aliphatic rings. The Kier molecular flexibility index (Phi) is 5.18. The fourth-order valence-electron chi connectivity index (χ4n) is 3.22. The van der Waals surface area contributed by atoms with E-state index in [1.807, 2.05) is 4.90 Å². The summed E-state index contributed by atoms with van der Waals surface area (Å²) >= 11 is 0. The molecule has 1 atom stereocenters. The summed E-state index contributed by atoms with van der Waals surface area (Å²) in [7, 11) is 0. The van der Waals surface area contributed by atoms with Gasteiger partial charge in [0.15, 0.2) is 0 Å². The Hall–Kier alpha value is -2.30. The summed E-state index contributed by atoms with van der Waals surface area (Å²) in [6.07, 6.45) is 4.92. The quantitative estimate of drug-likeness (QED) is 0.853. The first-order valence-corrected chi connectivity index (χ1v) is 8.27. The molecule has 0 saturated carbocycles. The molecule has 0 spiro atoms. The highest BCUT2D eigenvalue weighted by Gasteiger charge is 2.25. The zero-order valence-corrected chi connectivity index (χ0v) is 13.4. The number of rotatable bonds is 4. The summed E-state index contributed by atoms with van der Waals surface area (Å²) in [5.74, 6) is -0.766. The molecular formula is C19H20F2N2O. The zero-order chi connectivity index (χ0) is 16.9. The molecule has 0 bridgehead atoms. The predicted octanol–water partition coefficient (Wildman–Crippen LogP) is 3.84. The van der Waals surface area contributed by atoms with Crippen molar-refractivity contribution in [2.45, 2.75) is 25.7 Å². The number of piperidine rings is 1.